The van der Waals surface area contributed by atoms with Crippen LogP contribution in [-0.4, -0.2) is 11.7 Å². The number of para-hydroxylation sites is 1. The molecule has 2 rings (SSSR count). The maximum atomic E-state index is 9.80. The van der Waals surface area contributed by atoms with Gasteiger partial charge >= 0.3 is 0 Å². The highest BCUT2D eigenvalue weighted by Gasteiger charge is 2.22. The third-order valence-corrected chi connectivity index (χ3v) is 2.15. The molecule has 0 saturated heterocycles. The standard InChI is InChI=1S/C11H10O2/c1-2-8-7-13-10-6-4-3-5-9(10)11(8)12/h3-6,11-12H,1,7H2. The van der Waals surface area contributed by atoms with Crippen LogP contribution in [0.2, 0.25) is 0 Å². The fourth-order valence-electron chi connectivity index (χ4n) is 1.41. The van der Waals surface area contributed by atoms with Gasteiger partial charge in [0.2, 0.25) is 0 Å². The van der Waals surface area contributed by atoms with E-state index in [1.807, 2.05) is 24.3 Å². The Bertz CT molecular complexity index is 375. The predicted molar refractivity (Wildman–Crippen MR) is 49.5 cm³/mol. The minimum Gasteiger partial charge on any atom is -0.488 e. The van der Waals surface area contributed by atoms with Crippen molar-refractivity contribution in [3.8, 4) is 5.75 Å². The van der Waals surface area contributed by atoms with Crippen LogP contribution in [0.5, 0.6) is 5.75 Å². The molecule has 1 unspecified atom stereocenters. The van der Waals surface area contributed by atoms with Gasteiger partial charge in [-0.25, -0.2) is 0 Å². The van der Waals surface area contributed by atoms with Crippen molar-refractivity contribution in [1.82, 2.24) is 0 Å². The van der Waals surface area contributed by atoms with Gasteiger partial charge < -0.3 is 9.84 Å². The Morgan fingerprint density at radius 1 is 1.46 bits per heavy atom. The topological polar surface area (TPSA) is 29.5 Å². The Hall–Kier alpha value is -1.50. The minimum atomic E-state index is -0.609. The third-order valence-electron chi connectivity index (χ3n) is 2.15. The summed E-state index contributed by atoms with van der Waals surface area (Å²) in [7, 11) is 0. The van der Waals surface area contributed by atoms with Crippen LogP contribution in [0.15, 0.2) is 42.1 Å². The molecular weight excluding hydrogens is 164 g/mol. The first-order valence-electron chi connectivity index (χ1n) is 4.11. The van der Waals surface area contributed by atoms with E-state index in [-0.39, 0.29) is 0 Å². The van der Waals surface area contributed by atoms with Gasteiger partial charge in [0.05, 0.1) is 0 Å². The van der Waals surface area contributed by atoms with Crippen LogP contribution in [-0.2, 0) is 0 Å². The van der Waals surface area contributed by atoms with Crippen molar-refractivity contribution in [3.63, 3.8) is 0 Å². The Labute approximate surface area is 76.8 Å². The van der Waals surface area contributed by atoms with E-state index in [1.54, 1.807) is 0 Å². The first-order valence-corrected chi connectivity index (χ1v) is 4.11. The molecule has 0 aromatic heterocycles. The number of aliphatic hydroxyl groups excluding tert-OH is 1. The van der Waals surface area contributed by atoms with Gasteiger partial charge in [0.15, 0.2) is 0 Å². The van der Waals surface area contributed by atoms with E-state index >= 15 is 0 Å². The van der Waals surface area contributed by atoms with Crippen LogP contribution >= 0.6 is 0 Å². The van der Waals surface area contributed by atoms with Gasteiger partial charge in [0.1, 0.15) is 18.5 Å². The number of hydrogen-bond donors (Lipinski definition) is 1. The van der Waals surface area contributed by atoms with Crippen LogP contribution < -0.4 is 4.74 Å². The summed E-state index contributed by atoms with van der Waals surface area (Å²) in [4.78, 5) is 0. The smallest absolute Gasteiger partial charge is 0.125 e. The molecule has 1 atom stereocenters. The van der Waals surface area contributed by atoms with E-state index in [9.17, 15) is 5.11 Å². The van der Waals surface area contributed by atoms with E-state index in [4.69, 9.17) is 4.74 Å². The zero-order valence-corrected chi connectivity index (χ0v) is 7.16. The van der Waals surface area contributed by atoms with Crippen molar-refractivity contribution in [3.05, 3.63) is 47.7 Å². The molecule has 66 valence electrons. The summed E-state index contributed by atoms with van der Waals surface area (Å²) in [5.41, 5.74) is 4.17. The van der Waals surface area contributed by atoms with Crippen LogP contribution in [0.3, 0.4) is 0 Å². The molecule has 2 nitrogen and oxygen atoms in total. The lowest BCUT2D eigenvalue weighted by molar-refractivity contribution is 0.171. The second kappa shape index (κ2) is 3.09. The number of aliphatic hydroxyl groups is 1. The summed E-state index contributed by atoms with van der Waals surface area (Å²) >= 11 is 0. The fraction of sp³-hybridized carbons (Fsp3) is 0.182. The van der Waals surface area contributed by atoms with E-state index in [0.29, 0.717) is 12.2 Å². The fourth-order valence-corrected chi connectivity index (χ4v) is 1.41. The summed E-state index contributed by atoms with van der Waals surface area (Å²) in [5, 5.41) is 9.80. The zero-order chi connectivity index (χ0) is 9.26. The molecular formula is C11H10O2. The Balaban J connectivity index is 2.51. The second-order valence-corrected chi connectivity index (χ2v) is 2.93. The highest BCUT2D eigenvalue weighted by Crippen LogP contribution is 2.33. The summed E-state index contributed by atoms with van der Waals surface area (Å²) < 4.78 is 5.40. The molecule has 1 heterocycles. The molecule has 1 N–H and O–H groups in total. The summed E-state index contributed by atoms with van der Waals surface area (Å²) in [6.07, 6.45) is -0.609. The van der Waals surface area contributed by atoms with E-state index in [0.717, 1.165) is 11.3 Å². The molecule has 0 saturated carbocycles. The number of ether oxygens (including phenoxy) is 1. The predicted octanol–water partition coefficient (Wildman–Crippen LogP) is 1.82. The molecule has 0 aliphatic carbocycles. The number of hydrogen-bond acceptors (Lipinski definition) is 2. The largest absolute Gasteiger partial charge is 0.488 e. The normalized spacial score (nSPS) is 20.1. The molecule has 0 amide bonds. The lowest BCUT2D eigenvalue weighted by Crippen LogP contribution is -2.16. The first-order chi connectivity index (χ1) is 6.33. The van der Waals surface area contributed by atoms with Gasteiger partial charge in [0, 0.05) is 11.1 Å². The zero-order valence-electron chi connectivity index (χ0n) is 7.16. The van der Waals surface area contributed by atoms with Crippen molar-refractivity contribution in [2.24, 2.45) is 0 Å². The van der Waals surface area contributed by atoms with Gasteiger partial charge in [-0.05, 0) is 6.07 Å². The molecule has 1 aromatic rings. The summed E-state index contributed by atoms with van der Waals surface area (Å²) in [6, 6.07) is 7.44. The number of benzene rings is 1. The molecule has 0 radical (unpaired) electrons. The van der Waals surface area contributed by atoms with E-state index in [2.05, 4.69) is 12.3 Å². The number of fused-ring (bicyclic) bond motifs is 1. The maximum Gasteiger partial charge on any atom is 0.125 e. The lowest BCUT2D eigenvalue weighted by Gasteiger charge is -2.23. The molecule has 2 heteroatoms. The second-order valence-electron chi connectivity index (χ2n) is 2.93. The average Bonchev–Trinajstić information content (AvgIpc) is 2.19. The molecule has 1 aliphatic rings. The van der Waals surface area contributed by atoms with Crippen molar-refractivity contribution < 1.29 is 9.84 Å². The molecule has 1 aliphatic heterocycles. The van der Waals surface area contributed by atoms with Crippen molar-refractivity contribution >= 4 is 0 Å². The Morgan fingerprint density at radius 2 is 2.23 bits per heavy atom. The van der Waals surface area contributed by atoms with Crippen LogP contribution in [0.4, 0.5) is 0 Å². The first kappa shape index (κ1) is 8.11. The Kier molecular flexibility index (Phi) is 1.93. The quantitative estimate of drug-likeness (QED) is 0.608. The lowest BCUT2D eigenvalue weighted by atomic mass is 9.99. The van der Waals surface area contributed by atoms with Gasteiger partial charge in [-0.1, -0.05) is 24.8 Å². The maximum absolute atomic E-state index is 9.80. The van der Waals surface area contributed by atoms with Crippen LogP contribution in [0.1, 0.15) is 11.7 Å². The Morgan fingerprint density at radius 3 is 3.00 bits per heavy atom. The van der Waals surface area contributed by atoms with E-state index in [1.165, 1.54) is 0 Å². The average molecular weight is 174 g/mol. The molecule has 1 aromatic carbocycles. The monoisotopic (exact) mass is 174 g/mol. The molecule has 0 fully saturated rings. The van der Waals surface area contributed by atoms with Crippen molar-refractivity contribution in [2.75, 3.05) is 6.61 Å². The highest BCUT2D eigenvalue weighted by atomic mass is 16.5. The van der Waals surface area contributed by atoms with Gasteiger partial charge in [-0.2, -0.15) is 0 Å². The van der Waals surface area contributed by atoms with Crippen LogP contribution in [0, 0.1) is 0 Å². The summed E-state index contributed by atoms with van der Waals surface area (Å²) in [5.74, 6) is 0.744. The van der Waals surface area contributed by atoms with Gasteiger partial charge in [-0.15, -0.1) is 5.73 Å². The van der Waals surface area contributed by atoms with Gasteiger partial charge in [-0.3, -0.25) is 0 Å². The SMILES string of the molecule is C=C=C1COc2ccccc2C1O. The summed E-state index contributed by atoms with van der Waals surface area (Å²) in [6.45, 7) is 3.88. The molecule has 0 spiro atoms. The number of rotatable bonds is 0. The molecule has 0 bridgehead atoms. The van der Waals surface area contributed by atoms with Gasteiger partial charge in [0.25, 0.3) is 0 Å². The van der Waals surface area contributed by atoms with E-state index < -0.39 is 6.10 Å². The van der Waals surface area contributed by atoms with Crippen molar-refractivity contribution in [2.45, 2.75) is 6.10 Å². The minimum absolute atomic E-state index is 0.377. The van der Waals surface area contributed by atoms with Crippen molar-refractivity contribution in [1.29, 1.82) is 0 Å². The van der Waals surface area contributed by atoms with Crippen LogP contribution in [0.25, 0.3) is 0 Å². The molecule has 13 heavy (non-hydrogen) atoms. The third kappa shape index (κ3) is 1.26. The highest BCUT2D eigenvalue weighted by molar-refractivity contribution is 5.41.